The molecule has 1 fully saturated rings. The van der Waals surface area contributed by atoms with E-state index in [-0.39, 0.29) is 0 Å². The van der Waals surface area contributed by atoms with Crippen molar-refractivity contribution in [2.45, 2.75) is 51.7 Å². The number of hydrogen-bond acceptors (Lipinski definition) is 5. The molecule has 1 saturated carbocycles. The number of benzene rings is 1. The fraction of sp³-hybridized carbons (Fsp3) is 0.375. The third-order valence-electron chi connectivity index (χ3n) is 6.20. The van der Waals surface area contributed by atoms with Crippen molar-refractivity contribution < 1.29 is 0 Å². The molecule has 0 bridgehead atoms. The van der Waals surface area contributed by atoms with Crippen molar-refractivity contribution in [2.75, 3.05) is 5.01 Å². The molecule has 2 atom stereocenters. The van der Waals surface area contributed by atoms with Crippen LogP contribution in [0.2, 0.25) is 0 Å². The molecule has 1 aliphatic heterocycles. The van der Waals surface area contributed by atoms with E-state index in [2.05, 4.69) is 41.7 Å². The van der Waals surface area contributed by atoms with E-state index in [9.17, 15) is 10.5 Å². The molecule has 6 heteroatoms. The van der Waals surface area contributed by atoms with Crippen LogP contribution >= 0.6 is 0 Å². The molecule has 6 nitrogen and oxygen atoms in total. The predicted molar refractivity (Wildman–Crippen MR) is 118 cm³/mol. The first-order valence-electron chi connectivity index (χ1n) is 10.4. The minimum absolute atomic E-state index is 0.391. The maximum atomic E-state index is 9.91. The molecule has 30 heavy (non-hydrogen) atoms. The highest BCUT2D eigenvalue weighted by Gasteiger charge is 2.37. The van der Waals surface area contributed by atoms with Crippen LogP contribution in [-0.4, -0.2) is 16.4 Å². The van der Waals surface area contributed by atoms with Crippen LogP contribution in [0, 0.1) is 42.4 Å². The molecule has 1 aromatic carbocycles. The van der Waals surface area contributed by atoms with E-state index in [0.717, 1.165) is 16.9 Å². The van der Waals surface area contributed by atoms with Crippen molar-refractivity contribution in [3.8, 4) is 12.1 Å². The topological polar surface area (TPSA) is 94.1 Å². The fourth-order valence-corrected chi connectivity index (χ4v) is 4.71. The molecular formula is C24H26N6. The number of nitrogens with zero attached hydrogens (tertiary/aromatic N) is 5. The summed E-state index contributed by atoms with van der Waals surface area (Å²) >= 11 is 0. The molecule has 1 aliphatic carbocycles. The summed E-state index contributed by atoms with van der Waals surface area (Å²) in [6, 6.07) is 16.7. The minimum Gasteiger partial charge on any atom is -0.346 e. The summed E-state index contributed by atoms with van der Waals surface area (Å²) in [7, 11) is 0. The molecule has 0 saturated heterocycles. The molecule has 152 valence electrons. The molecular weight excluding hydrogens is 372 g/mol. The average Bonchev–Trinajstić information content (AvgIpc) is 3.45. The van der Waals surface area contributed by atoms with Gasteiger partial charge in [0.15, 0.2) is 0 Å². The second-order valence-corrected chi connectivity index (χ2v) is 8.07. The number of anilines is 1. The Morgan fingerprint density at radius 2 is 1.87 bits per heavy atom. The molecule has 2 heterocycles. The van der Waals surface area contributed by atoms with Gasteiger partial charge < -0.3 is 10.3 Å². The van der Waals surface area contributed by atoms with Crippen LogP contribution in [0.25, 0.3) is 6.08 Å². The lowest BCUT2D eigenvalue weighted by Crippen LogP contribution is -2.40. The third-order valence-corrected chi connectivity index (χ3v) is 6.20. The summed E-state index contributed by atoms with van der Waals surface area (Å²) < 4.78 is 2.40. The molecule has 0 spiro atoms. The quantitative estimate of drug-likeness (QED) is 0.771. The number of aromatic nitrogens is 1. The number of para-hydroxylation sites is 1. The number of nitrogens with two attached hydrogens (primary N) is 1. The standard InChI is InChI=1S/C24H26N6/c1-16-12-18(17(2)29(16)20-8-6-7-9-20)13-19(14-25)23-22(15-26)24(27)30(28-23)21-10-4-3-5-11-21/h3-5,10-13,20,22,24H,6-9,27H2,1-2H3/b19-13-/t22-,24-/m1/s1. The summed E-state index contributed by atoms with van der Waals surface area (Å²) in [5.41, 5.74) is 11.3. The lowest BCUT2D eigenvalue weighted by Gasteiger charge is -2.21. The van der Waals surface area contributed by atoms with E-state index in [0.29, 0.717) is 17.3 Å². The van der Waals surface area contributed by atoms with Gasteiger partial charge in [-0.05, 0) is 56.5 Å². The number of hydrogen-bond donors (Lipinski definition) is 1. The molecule has 0 radical (unpaired) electrons. The Morgan fingerprint density at radius 3 is 2.50 bits per heavy atom. The van der Waals surface area contributed by atoms with Crippen LogP contribution < -0.4 is 10.7 Å². The van der Waals surface area contributed by atoms with E-state index >= 15 is 0 Å². The third kappa shape index (κ3) is 3.40. The van der Waals surface area contributed by atoms with Gasteiger partial charge in [-0.1, -0.05) is 31.0 Å². The van der Waals surface area contributed by atoms with Crippen molar-refractivity contribution in [1.82, 2.24) is 4.57 Å². The second kappa shape index (κ2) is 8.18. The number of allylic oxidation sites excluding steroid dienone is 1. The Morgan fingerprint density at radius 1 is 1.17 bits per heavy atom. The van der Waals surface area contributed by atoms with Gasteiger partial charge in [-0.25, -0.2) is 5.01 Å². The monoisotopic (exact) mass is 398 g/mol. The van der Waals surface area contributed by atoms with Gasteiger partial charge in [0.25, 0.3) is 0 Å². The zero-order valence-electron chi connectivity index (χ0n) is 17.4. The first-order valence-corrected chi connectivity index (χ1v) is 10.4. The van der Waals surface area contributed by atoms with Gasteiger partial charge >= 0.3 is 0 Å². The molecule has 4 rings (SSSR count). The van der Waals surface area contributed by atoms with Crippen molar-refractivity contribution in [2.24, 2.45) is 16.8 Å². The van der Waals surface area contributed by atoms with Crippen molar-refractivity contribution >= 4 is 17.5 Å². The fourth-order valence-electron chi connectivity index (χ4n) is 4.71. The molecule has 2 aliphatic rings. The molecule has 2 N–H and O–H groups in total. The summed E-state index contributed by atoms with van der Waals surface area (Å²) in [5.74, 6) is -0.672. The van der Waals surface area contributed by atoms with E-state index in [1.165, 1.54) is 31.4 Å². The van der Waals surface area contributed by atoms with Gasteiger partial charge in [-0.3, -0.25) is 0 Å². The Balaban J connectivity index is 1.73. The minimum atomic E-state index is -0.672. The molecule has 2 aromatic rings. The highest BCUT2D eigenvalue weighted by Crippen LogP contribution is 2.34. The van der Waals surface area contributed by atoms with Crippen molar-refractivity contribution in [3.05, 3.63) is 58.9 Å². The summed E-state index contributed by atoms with van der Waals surface area (Å²) in [5, 5.41) is 25.9. The normalized spacial score (nSPS) is 22.1. The summed E-state index contributed by atoms with van der Waals surface area (Å²) in [6.45, 7) is 4.22. The number of nitriles is 2. The highest BCUT2D eigenvalue weighted by molar-refractivity contribution is 6.11. The lowest BCUT2D eigenvalue weighted by molar-refractivity contribution is 0.500. The maximum absolute atomic E-state index is 9.91. The zero-order valence-corrected chi connectivity index (χ0v) is 17.4. The van der Waals surface area contributed by atoms with Gasteiger partial charge in [-0.2, -0.15) is 15.6 Å². The predicted octanol–water partition coefficient (Wildman–Crippen LogP) is 4.43. The van der Waals surface area contributed by atoms with Gasteiger partial charge in [0.2, 0.25) is 0 Å². The lowest BCUT2D eigenvalue weighted by atomic mass is 9.95. The van der Waals surface area contributed by atoms with Crippen molar-refractivity contribution in [1.29, 1.82) is 10.5 Å². The second-order valence-electron chi connectivity index (χ2n) is 8.07. The Kier molecular flexibility index (Phi) is 5.44. The maximum Gasteiger partial charge on any atom is 0.127 e. The van der Waals surface area contributed by atoms with Crippen LogP contribution in [0.5, 0.6) is 0 Å². The number of hydrazone groups is 1. The van der Waals surface area contributed by atoms with Gasteiger partial charge in [0.05, 0.1) is 23.0 Å². The van der Waals surface area contributed by atoms with E-state index in [1.807, 2.05) is 36.4 Å². The largest absolute Gasteiger partial charge is 0.346 e. The van der Waals surface area contributed by atoms with Gasteiger partial charge in [-0.15, -0.1) is 0 Å². The average molecular weight is 399 g/mol. The van der Waals surface area contributed by atoms with Gasteiger partial charge in [0, 0.05) is 17.4 Å². The van der Waals surface area contributed by atoms with E-state index in [4.69, 9.17) is 5.73 Å². The first-order chi connectivity index (χ1) is 14.5. The molecule has 0 unspecified atom stereocenters. The molecule has 0 amide bonds. The van der Waals surface area contributed by atoms with Crippen LogP contribution in [0.1, 0.15) is 48.7 Å². The Labute approximate surface area is 177 Å². The van der Waals surface area contributed by atoms with Crippen LogP contribution in [0.4, 0.5) is 5.69 Å². The summed E-state index contributed by atoms with van der Waals surface area (Å²) in [4.78, 5) is 0. The van der Waals surface area contributed by atoms with Crippen LogP contribution in [-0.2, 0) is 0 Å². The van der Waals surface area contributed by atoms with Crippen LogP contribution in [0.3, 0.4) is 0 Å². The highest BCUT2D eigenvalue weighted by atomic mass is 15.5. The van der Waals surface area contributed by atoms with Crippen molar-refractivity contribution in [3.63, 3.8) is 0 Å². The SMILES string of the molecule is Cc1cc(/C=C(/C#N)C2=NN(c3ccccc3)[C@@H](N)[C@@H]2C#N)c(C)n1C1CCCC1. The Bertz CT molecular complexity index is 1070. The Hall–Kier alpha value is -3.35. The van der Waals surface area contributed by atoms with E-state index < -0.39 is 12.1 Å². The van der Waals surface area contributed by atoms with E-state index in [1.54, 1.807) is 5.01 Å². The number of rotatable bonds is 4. The molecule has 1 aromatic heterocycles. The van der Waals surface area contributed by atoms with Gasteiger partial charge in [0.1, 0.15) is 18.2 Å². The number of aryl methyl sites for hydroxylation is 1. The smallest absolute Gasteiger partial charge is 0.127 e. The first kappa shape index (κ1) is 19.9. The van der Waals surface area contributed by atoms with Crippen LogP contribution in [0.15, 0.2) is 47.1 Å². The zero-order chi connectivity index (χ0) is 21.3. The summed E-state index contributed by atoms with van der Waals surface area (Å²) in [6.07, 6.45) is 6.17.